The molecular weight excluding hydrogens is 550 g/mol. The summed E-state index contributed by atoms with van der Waals surface area (Å²) in [7, 11) is -3.92. The van der Waals surface area contributed by atoms with Crippen LogP contribution >= 0.6 is 0 Å². The number of nitrogens with one attached hydrogen (secondary N) is 1. The molecule has 41 heavy (non-hydrogen) atoms. The van der Waals surface area contributed by atoms with Crippen molar-refractivity contribution < 1.29 is 22.3 Å². The third-order valence-electron chi connectivity index (χ3n) is 7.21. The summed E-state index contributed by atoms with van der Waals surface area (Å²) in [5.74, 6) is -1.69. The number of hydrogen-bond donors (Lipinski definition) is 2. The molecule has 0 saturated carbocycles. The first-order valence-electron chi connectivity index (χ1n) is 12.6. The van der Waals surface area contributed by atoms with Crippen LogP contribution in [-0.4, -0.2) is 38.1 Å². The van der Waals surface area contributed by atoms with E-state index >= 15 is 0 Å². The fourth-order valence-electron chi connectivity index (χ4n) is 5.11. The van der Waals surface area contributed by atoms with Gasteiger partial charge in [0.1, 0.15) is 29.9 Å². The van der Waals surface area contributed by atoms with E-state index < -0.39 is 33.3 Å². The van der Waals surface area contributed by atoms with E-state index in [1.807, 2.05) is 18.2 Å². The van der Waals surface area contributed by atoms with Crippen molar-refractivity contribution in [1.29, 1.82) is 0 Å². The minimum Gasteiger partial charge on any atom is -0.381 e. The van der Waals surface area contributed by atoms with Crippen molar-refractivity contribution in [1.82, 2.24) is 24.5 Å². The molecule has 2 unspecified atom stereocenters. The van der Waals surface area contributed by atoms with E-state index in [1.165, 1.54) is 34.3 Å². The molecule has 6 aromatic rings. The van der Waals surface area contributed by atoms with E-state index in [4.69, 9.17) is 0 Å². The van der Waals surface area contributed by atoms with Crippen LogP contribution in [0.2, 0.25) is 0 Å². The van der Waals surface area contributed by atoms with Gasteiger partial charge < -0.3 is 5.11 Å². The van der Waals surface area contributed by atoms with Gasteiger partial charge in [0.05, 0.1) is 29.2 Å². The Bertz CT molecular complexity index is 1990. The lowest BCUT2D eigenvalue weighted by Crippen LogP contribution is -2.41. The number of benzene rings is 4. The molecule has 0 amide bonds. The summed E-state index contributed by atoms with van der Waals surface area (Å²) >= 11 is 0. The molecule has 12 heteroatoms. The van der Waals surface area contributed by atoms with Gasteiger partial charge in [0.25, 0.3) is 10.0 Å². The number of anilines is 1. The maximum absolute atomic E-state index is 15.0. The number of fused-ring (bicyclic) bond motifs is 2. The number of hydrogen-bond acceptors (Lipinski definition) is 6. The topological polar surface area (TPSA) is 115 Å². The number of halogens is 2. The number of aliphatic hydroxyl groups is 1. The van der Waals surface area contributed by atoms with Crippen LogP contribution < -0.4 is 4.72 Å². The zero-order chi connectivity index (χ0) is 28.8. The van der Waals surface area contributed by atoms with Gasteiger partial charge in [0.2, 0.25) is 0 Å². The van der Waals surface area contributed by atoms with Crippen molar-refractivity contribution in [2.24, 2.45) is 0 Å². The quantitative estimate of drug-likeness (QED) is 0.264. The molecule has 0 radical (unpaired) electrons. The van der Waals surface area contributed by atoms with Crippen LogP contribution in [0.5, 0.6) is 0 Å². The molecule has 0 fully saturated rings. The molecule has 0 bridgehead atoms. The second-order valence-corrected chi connectivity index (χ2v) is 11.4. The number of sulfonamides is 1. The van der Waals surface area contributed by atoms with E-state index in [-0.39, 0.29) is 17.0 Å². The first kappa shape index (κ1) is 26.5. The molecule has 0 saturated heterocycles. The van der Waals surface area contributed by atoms with E-state index in [9.17, 15) is 22.3 Å². The van der Waals surface area contributed by atoms with Gasteiger partial charge in [-0.15, -0.1) is 0 Å². The van der Waals surface area contributed by atoms with Crippen molar-refractivity contribution in [2.75, 3.05) is 4.72 Å². The van der Waals surface area contributed by atoms with Crippen molar-refractivity contribution in [3.8, 4) is 0 Å². The van der Waals surface area contributed by atoms with Crippen LogP contribution in [0, 0.1) is 11.6 Å². The van der Waals surface area contributed by atoms with Crippen LogP contribution in [0.4, 0.5) is 14.5 Å². The van der Waals surface area contributed by atoms with Gasteiger partial charge >= 0.3 is 0 Å². The summed E-state index contributed by atoms with van der Waals surface area (Å²) in [5.41, 5.74) is -1.17. The molecular formula is C29H24F2N6O3S. The van der Waals surface area contributed by atoms with Crippen molar-refractivity contribution in [3.05, 3.63) is 115 Å². The summed E-state index contributed by atoms with van der Waals surface area (Å²) in [6.07, 6.45) is 4.20. The highest BCUT2D eigenvalue weighted by Crippen LogP contribution is 2.38. The van der Waals surface area contributed by atoms with Crippen LogP contribution in [0.15, 0.2) is 103 Å². The van der Waals surface area contributed by atoms with Gasteiger partial charge in [-0.3, -0.25) is 9.40 Å². The largest absolute Gasteiger partial charge is 0.381 e. The third kappa shape index (κ3) is 4.81. The minimum absolute atomic E-state index is 0.134. The molecule has 0 spiro atoms. The Morgan fingerprint density at radius 1 is 0.976 bits per heavy atom. The molecule has 2 atom stereocenters. The summed E-state index contributed by atoms with van der Waals surface area (Å²) in [6.45, 7) is 1.46. The van der Waals surface area contributed by atoms with Crippen molar-refractivity contribution in [2.45, 2.75) is 30.0 Å². The first-order chi connectivity index (χ1) is 19.7. The summed E-state index contributed by atoms with van der Waals surface area (Å²) in [5, 5.41) is 22.4. The zero-order valence-corrected chi connectivity index (χ0v) is 22.5. The van der Waals surface area contributed by atoms with Crippen LogP contribution in [0.25, 0.3) is 21.7 Å². The van der Waals surface area contributed by atoms with Crippen molar-refractivity contribution in [3.63, 3.8) is 0 Å². The number of aromatic nitrogens is 5. The maximum atomic E-state index is 15.0. The Kier molecular flexibility index (Phi) is 6.51. The Morgan fingerprint density at radius 2 is 1.78 bits per heavy atom. The first-order valence-corrected chi connectivity index (χ1v) is 14.1. The molecule has 208 valence electrons. The summed E-state index contributed by atoms with van der Waals surface area (Å²) < 4.78 is 60.9. The molecule has 4 aromatic carbocycles. The fourth-order valence-corrected chi connectivity index (χ4v) is 6.39. The standard InChI is InChI=1S/C29H24F2N6O3S/c1-19(29(38,16-36-18-32-17-34-36)25-11-9-22(30)14-26(25)31)37-27-12-10-23(13-21(27)15-33-37)35-41(39,40)28-8-4-6-20-5-2-3-7-24(20)28/h2-15,17-19,35,38H,16H2,1H3. The fraction of sp³-hybridized carbons (Fsp3) is 0.138. The Balaban J connectivity index is 1.36. The smallest absolute Gasteiger partial charge is 0.262 e. The normalized spacial score (nSPS) is 14.2. The SMILES string of the molecule is CC(n1ncc2cc(NS(=O)(=O)c3cccc4ccccc34)ccc21)C(O)(Cn1cncn1)c1ccc(F)cc1F. The average Bonchev–Trinajstić information content (AvgIpc) is 3.61. The Morgan fingerprint density at radius 3 is 2.56 bits per heavy atom. The Labute approximate surface area is 233 Å². The molecule has 6 rings (SSSR count). The number of rotatable bonds is 8. The van der Waals surface area contributed by atoms with Gasteiger partial charge in [0, 0.05) is 28.1 Å². The van der Waals surface area contributed by atoms with E-state index in [1.54, 1.807) is 49.4 Å². The lowest BCUT2D eigenvalue weighted by molar-refractivity contribution is -0.0354. The van der Waals surface area contributed by atoms with Gasteiger partial charge in [0.15, 0.2) is 0 Å². The maximum Gasteiger partial charge on any atom is 0.262 e. The molecule has 2 aromatic heterocycles. The van der Waals surface area contributed by atoms with Crippen molar-refractivity contribution >= 4 is 37.4 Å². The molecule has 0 aliphatic rings. The monoisotopic (exact) mass is 574 g/mol. The second-order valence-electron chi connectivity index (χ2n) is 9.76. The molecule has 9 nitrogen and oxygen atoms in total. The highest BCUT2D eigenvalue weighted by molar-refractivity contribution is 7.93. The van der Waals surface area contributed by atoms with Crippen LogP contribution in [0.1, 0.15) is 18.5 Å². The zero-order valence-electron chi connectivity index (χ0n) is 21.7. The number of nitrogens with zero attached hydrogens (tertiary/aromatic N) is 5. The molecule has 0 aliphatic heterocycles. The lowest BCUT2D eigenvalue weighted by atomic mass is 9.86. The highest BCUT2D eigenvalue weighted by Gasteiger charge is 2.41. The third-order valence-corrected chi connectivity index (χ3v) is 8.65. The van der Waals surface area contributed by atoms with Gasteiger partial charge in [-0.05, 0) is 42.6 Å². The summed E-state index contributed by atoms with van der Waals surface area (Å²) in [4.78, 5) is 4.05. The van der Waals surface area contributed by atoms with Gasteiger partial charge in [-0.2, -0.15) is 10.2 Å². The highest BCUT2D eigenvalue weighted by atomic mass is 32.2. The predicted octanol–water partition coefficient (Wildman–Crippen LogP) is 5.01. The van der Waals surface area contributed by atoms with Gasteiger partial charge in [-0.1, -0.05) is 42.5 Å². The average molecular weight is 575 g/mol. The van der Waals surface area contributed by atoms with Crippen LogP contribution in [-0.2, 0) is 22.2 Å². The van der Waals surface area contributed by atoms with E-state index in [0.29, 0.717) is 28.0 Å². The lowest BCUT2D eigenvalue weighted by Gasteiger charge is -2.35. The Hall–Kier alpha value is -4.68. The van der Waals surface area contributed by atoms with E-state index in [2.05, 4.69) is 19.9 Å². The minimum atomic E-state index is -3.92. The summed E-state index contributed by atoms with van der Waals surface area (Å²) in [6, 6.07) is 19.3. The molecule has 2 heterocycles. The van der Waals surface area contributed by atoms with Gasteiger partial charge in [-0.25, -0.2) is 26.9 Å². The molecule has 0 aliphatic carbocycles. The molecule has 2 N–H and O–H groups in total. The van der Waals surface area contributed by atoms with Crippen LogP contribution in [0.3, 0.4) is 0 Å². The predicted molar refractivity (Wildman–Crippen MR) is 149 cm³/mol. The second kappa shape index (κ2) is 10.1. The van der Waals surface area contributed by atoms with E-state index in [0.717, 1.165) is 11.5 Å².